The fourth-order valence-electron chi connectivity index (χ4n) is 1.81. The fourth-order valence-corrected chi connectivity index (χ4v) is 1.81. The minimum Gasteiger partial charge on any atom is -0.497 e. The molecule has 1 heterocycles. The van der Waals surface area contributed by atoms with Crippen molar-refractivity contribution in [3.05, 3.63) is 55.0 Å². The molecule has 2 aromatic rings. The Morgan fingerprint density at radius 3 is 2.58 bits per heavy atom. The molecule has 0 radical (unpaired) electrons. The summed E-state index contributed by atoms with van der Waals surface area (Å²) in [6.07, 6.45) is 4.53. The lowest BCUT2D eigenvalue weighted by atomic mass is 10.3. The lowest BCUT2D eigenvalue weighted by Crippen LogP contribution is -2.24. The normalized spacial score (nSPS) is 9.88. The zero-order valence-corrected chi connectivity index (χ0v) is 13.5. The van der Waals surface area contributed by atoms with E-state index in [1.54, 1.807) is 13.2 Å². The number of amides is 1. The van der Waals surface area contributed by atoms with Crippen LogP contribution in [-0.2, 0) is 0 Å². The average molecular weight is 328 g/mol. The molecule has 0 aliphatic heterocycles. The highest BCUT2D eigenvalue weighted by Gasteiger charge is 2.06. The second kappa shape index (κ2) is 9.14. The predicted octanol–water partition coefficient (Wildman–Crippen LogP) is 1.89. The first-order valence-electron chi connectivity index (χ1n) is 7.45. The molecule has 0 aliphatic carbocycles. The third kappa shape index (κ3) is 5.28. The highest BCUT2D eigenvalue weighted by molar-refractivity contribution is 5.92. The number of carbonyl (C=O) groups is 1. The molecule has 7 nitrogen and oxygen atoms in total. The Bertz CT molecular complexity index is 657. The number of rotatable bonds is 9. The first-order valence-corrected chi connectivity index (χ1v) is 7.45. The van der Waals surface area contributed by atoms with Crippen LogP contribution >= 0.6 is 0 Å². The predicted molar refractivity (Wildman–Crippen MR) is 91.5 cm³/mol. The van der Waals surface area contributed by atoms with Gasteiger partial charge in [-0.25, -0.2) is 9.97 Å². The first kappa shape index (κ1) is 17.3. The summed E-state index contributed by atoms with van der Waals surface area (Å²) in [6.45, 7) is 4.95. The molecule has 1 amide bonds. The number of nitrogens with one attached hydrogen (secondary N) is 2. The summed E-state index contributed by atoms with van der Waals surface area (Å²) < 4.78 is 10.7. The van der Waals surface area contributed by atoms with Crippen molar-refractivity contribution in [1.29, 1.82) is 0 Å². The van der Waals surface area contributed by atoms with Crippen LogP contribution in [0.15, 0.2) is 49.3 Å². The van der Waals surface area contributed by atoms with Crippen molar-refractivity contribution in [3.8, 4) is 11.5 Å². The molecule has 0 unspecified atom stereocenters. The molecule has 0 atom stereocenters. The summed E-state index contributed by atoms with van der Waals surface area (Å²) in [5, 5.41) is 5.71. The summed E-state index contributed by atoms with van der Waals surface area (Å²) in [4.78, 5) is 19.9. The zero-order chi connectivity index (χ0) is 17.2. The van der Waals surface area contributed by atoms with Crippen LogP contribution < -0.4 is 20.1 Å². The van der Waals surface area contributed by atoms with Crippen molar-refractivity contribution in [3.63, 3.8) is 0 Å². The van der Waals surface area contributed by atoms with E-state index in [0.29, 0.717) is 25.5 Å². The number of hydrogen-bond donors (Lipinski definition) is 2. The molecule has 1 aromatic carbocycles. The van der Waals surface area contributed by atoms with Crippen LogP contribution in [0, 0.1) is 0 Å². The van der Waals surface area contributed by atoms with Crippen molar-refractivity contribution in [2.24, 2.45) is 0 Å². The largest absolute Gasteiger partial charge is 0.497 e. The number of methoxy groups -OCH3 is 1. The third-order valence-corrected chi connectivity index (χ3v) is 3.03. The lowest BCUT2D eigenvalue weighted by molar-refractivity contribution is 0.0952. The molecule has 7 heteroatoms. The second-order valence-corrected chi connectivity index (χ2v) is 4.74. The van der Waals surface area contributed by atoms with E-state index in [0.717, 1.165) is 11.5 Å². The Morgan fingerprint density at radius 1 is 1.21 bits per heavy atom. The van der Waals surface area contributed by atoms with E-state index < -0.39 is 0 Å². The molecule has 2 N–H and O–H groups in total. The Morgan fingerprint density at radius 2 is 1.96 bits per heavy atom. The smallest absolute Gasteiger partial charge is 0.271 e. The molecule has 0 saturated heterocycles. The fraction of sp³-hybridized carbons (Fsp3) is 0.235. The highest BCUT2D eigenvalue weighted by atomic mass is 16.5. The van der Waals surface area contributed by atoms with E-state index in [4.69, 9.17) is 9.47 Å². The summed E-state index contributed by atoms with van der Waals surface area (Å²) in [6, 6.07) is 7.36. The minimum atomic E-state index is -0.281. The standard InChI is InChI=1S/C17H20N4O3/c1-3-8-19-17(22)15-11-21-16(12-20-15)18-9-10-24-14-6-4-13(23-2)5-7-14/h3-7,11-12H,1,8-10H2,2H3,(H,18,21)(H,19,22). The molecule has 0 spiro atoms. The van der Waals surface area contributed by atoms with Gasteiger partial charge in [0.1, 0.15) is 29.6 Å². The summed E-state index contributed by atoms with van der Waals surface area (Å²) >= 11 is 0. The van der Waals surface area contributed by atoms with E-state index in [1.165, 1.54) is 12.4 Å². The van der Waals surface area contributed by atoms with Crippen molar-refractivity contribution in [2.45, 2.75) is 0 Å². The van der Waals surface area contributed by atoms with E-state index in [2.05, 4.69) is 27.2 Å². The quantitative estimate of drug-likeness (QED) is 0.540. The maximum atomic E-state index is 11.7. The van der Waals surface area contributed by atoms with Crippen LogP contribution in [0.3, 0.4) is 0 Å². The average Bonchev–Trinajstić information content (AvgIpc) is 2.64. The summed E-state index contributed by atoms with van der Waals surface area (Å²) in [5.74, 6) is 1.84. The number of hydrogen-bond acceptors (Lipinski definition) is 6. The number of ether oxygens (including phenoxy) is 2. The Balaban J connectivity index is 1.73. The van der Waals surface area contributed by atoms with Crippen LogP contribution in [0.4, 0.5) is 5.82 Å². The van der Waals surface area contributed by atoms with E-state index >= 15 is 0 Å². The van der Waals surface area contributed by atoms with Gasteiger partial charge in [-0.3, -0.25) is 4.79 Å². The van der Waals surface area contributed by atoms with E-state index in [9.17, 15) is 4.79 Å². The molecule has 126 valence electrons. The maximum absolute atomic E-state index is 11.7. The van der Waals surface area contributed by atoms with Gasteiger partial charge in [-0.2, -0.15) is 0 Å². The molecule has 0 aliphatic rings. The molecule has 24 heavy (non-hydrogen) atoms. The SMILES string of the molecule is C=CCNC(=O)c1cnc(NCCOc2ccc(OC)cc2)cn1. The molecular weight excluding hydrogens is 308 g/mol. The Kier molecular flexibility index (Phi) is 6.58. The zero-order valence-electron chi connectivity index (χ0n) is 13.5. The van der Waals surface area contributed by atoms with Gasteiger partial charge in [0.2, 0.25) is 0 Å². The monoisotopic (exact) mass is 328 g/mol. The third-order valence-electron chi connectivity index (χ3n) is 3.03. The van der Waals surface area contributed by atoms with Crippen molar-refractivity contribution in [1.82, 2.24) is 15.3 Å². The van der Waals surface area contributed by atoms with Gasteiger partial charge in [-0.1, -0.05) is 6.08 Å². The van der Waals surface area contributed by atoms with Crippen LogP contribution in [0.5, 0.6) is 11.5 Å². The Labute approximate surface area is 140 Å². The van der Waals surface area contributed by atoms with Crippen molar-refractivity contribution in [2.75, 3.05) is 32.1 Å². The summed E-state index contributed by atoms with van der Waals surface area (Å²) in [5.41, 5.74) is 0.261. The molecule has 1 aromatic heterocycles. The highest BCUT2D eigenvalue weighted by Crippen LogP contribution is 2.16. The molecule has 0 fully saturated rings. The van der Waals surface area contributed by atoms with Crippen LogP contribution in [0.1, 0.15) is 10.5 Å². The van der Waals surface area contributed by atoms with Crippen LogP contribution in [-0.4, -0.2) is 42.7 Å². The molecule has 0 bridgehead atoms. The van der Waals surface area contributed by atoms with Gasteiger partial charge in [0.25, 0.3) is 5.91 Å². The van der Waals surface area contributed by atoms with Gasteiger partial charge >= 0.3 is 0 Å². The molecule has 0 saturated carbocycles. The number of nitrogens with zero attached hydrogens (tertiary/aromatic N) is 2. The van der Waals surface area contributed by atoms with E-state index in [-0.39, 0.29) is 11.6 Å². The Hall–Kier alpha value is -3.09. The number of carbonyl (C=O) groups excluding carboxylic acids is 1. The van der Waals surface area contributed by atoms with Gasteiger partial charge in [0.05, 0.1) is 26.0 Å². The summed E-state index contributed by atoms with van der Waals surface area (Å²) in [7, 11) is 1.62. The number of benzene rings is 1. The van der Waals surface area contributed by atoms with Gasteiger partial charge in [-0.15, -0.1) is 6.58 Å². The maximum Gasteiger partial charge on any atom is 0.271 e. The van der Waals surface area contributed by atoms with Gasteiger partial charge < -0.3 is 20.1 Å². The molecular formula is C17H20N4O3. The van der Waals surface area contributed by atoms with Crippen LogP contribution in [0.2, 0.25) is 0 Å². The van der Waals surface area contributed by atoms with E-state index in [1.807, 2.05) is 24.3 Å². The van der Waals surface area contributed by atoms with Crippen molar-refractivity contribution >= 4 is 11.7 Å². The van der Waals surface area contributed by atoms with Gasteiger partial charge in [0.15, 0.2) is 0 Å². The topological polar surface area (TPSA) is 85.4 Å². The van der Waals surface area contributed by atoms with Gasteiger partial charge in [0, 0.05) is 6.54 Å². The van der Waals surface area contributed by atoms with Crippen molar-refractivity contribution < 1.29 is 14.3 Å². The number of aromatic nitrogens is 2. The minimum absolute atomic E-state index is 0.261. The van der Waals surface area contributed by atoms with Gasteiger partial charge in [-0.05, 0) is 24.3 Å². The van der Waals surface area contributed by atoms with Crippen LogP contribution in [0.25, 0.3) is 0 Å². The number of anilines is 1. The second-order valence-electron chi connectivity index (χ2n) is 4.74. The molecule has 2 rings (SSSR count). The first-order chi connectivity index (χ1) is 11.7. The lowest BCUT2D eigenvalue weighted by Gasteiger charge is -2.09.